The molecule has 7 heteroatoms. The largest absolute Gasteiger partial charge is 0.348 e. The standard InChI is InChI=1S/C17H18N6S/c1-2-14-12-5-9-24-15(12)4-8-22(14)16-13-10-21-23(7-3-6-18)17(13)20-11-19-16/h5,9-11,14H,2-4,7-8H2,1H3. The monoisotopic (exact) mass is 338 g/mol. The van der Waals surface area contributed by atoms with E-state index in [0.717, 1.165) is 36.2 Å². The lowest BCUT2D eigenvalue weighted by Crippen LogP contribution is -2.35. The van der Waals surface area contributed by atoms with Crippen LogP contribution in [0.25, 0.3) is 11.0 Å². The molecule has 3 aromatic rings. The summed E-state index contributed by atoms with van der Waals surface area (Å²) in [4.78, 5) is 12.8. The van der Waals surface area contributed by atoms with Crippen molar-refractivity contribution in [2.75, 3.05) is 11.4 Å². The summed E-state index contributed by atoms with van der Waals surface area (Å²) in [7, 11) is 0. The Balaban J connectivity index is 1.77. The first-order chi connectivity index (χ1) is 11.8. The second kappa shape index (κ2) is 6.21. The number of anilines is 1. The molecular formula is C17H18N6S. The minimum absolute atomic E-state index is 0.348. The number of aryl methyl sites for hydroxylation is 1. The summed E-state index contributed by atoms with van der Waals surface area (Å²) in [6, 6.07) is 4.75. The lowest BCUT2D eigenvalue weighted by molar-refractivity contribution is 0.569. The number of hydrogen-bond donors (Lipinski definition) is 0. The zero-order valence-electron chi connectivity index (χ0n) is 13.5. The van der Waals surface area contributed by atoms with E-state index >= 15 is 0 Å². The van der Waals surface area contributed by atoms with Gasteiger partial charge in [0.15, 0.2) is 5.65 Å². The van der Waals surface area contributed by atoms with Gasteiger partial charge in [-0.25, -0.2) is 14.6 Å². The van der Waals surface area contributed by atoms with E-state index in [1.165, 1.54) is 10.4 Å². The van der Waals surface area contributed by atoms with Crippen molar-refractivity contribution in [1.82, 2.24) is 19.7 Å². The average Bonchev–Trinajstić information content (AvgIpc) is 3.25. The SMILES string of the molecule is CCC1c2ccsc2CCN1c1ncnc2c1cnn2CCC#N. The number of aromatic nitrogens is 4. The normalized spacial score (nSPS) is 17.0. The maximum Gasteiger partial charge on any atom is 0.163 e. The van der Waals surface area contributed by atoms with Gasteiger partial charge < -0.3 is 4.90 Å². The number of hydrogen-bond acceptors (Lipinski definition) is 6. The second-order valence-corrected chi connectivity index (χ2v) is 6.88. The molecule has 122 valence electrons. The fraction of sp³-hybridized carbons (Fsp3) is 0.412. The van der Waals surface area contributed by atoms with Gasteiger partial charge in [0, 0.05) is 11.4 Å². The minimum Gasteiger partial charge on any atom is -0.348 e. The summed E-state index contributed by atoms with van der Waals surface area (Å²) in [5, 5.41) is 16.4. The van der Waals surface area contributed by atoms with E-state index in [-0.39, 0.29) is 0 Å². The van der Waals surface area contributed by atoms with Crippen molar-refractivity contribution in [1.29, 1.82) is 5.26 Å². The van der Waals surface area contributed by atoms with Crippen LogP contribution in [-0.4, -0.2) is 26.3 Å². The van der Waals surface area contributed by atoms with Crippen LogP contribution in [0.15, 0.2) is 24.0 Å². The number of rotatable bonds is 4. The van der Waals surface area contributed by atoms with E-state index in [0.29, 0.717) is 19.0 Å². The Kier molecular flexibility index (Phi) is 3.90. The number of fused-ring (bicyclic) bond motifs is 2. The summed E-state index contributed by atoms with van der Waals surface area (Å²) in [5.41, 5.74) is 2.23. The molecule has 1 unspecified atom stereocenters. The summed E-state index contributed by atoms with van der Waals surface area (Å²) in [6.07, 6.45) is 5.96. The van der Waals surface area contributed by atoms with Crippen LogP contribution in [-0.2, 0) is 13.0 Å². The first kappa shape index (κ1) is 15.1. The number of nitriles is 1. The van der Waals surface area contributed by atoms with Crippen molar-refractivity contribution in [3.8, 4) is 6.07 Å². The third-order valence-electron chi connectivity index (χ3n) is 4.60. The molecule has 0 fully saturated rings. The Morgan fingerprint density at radius 1 is 1.42 bits per heavy atom. The molecule has 24 heavy (non-hydrogen) atoms. The molecular weight excluding hydrogens is 320 g/mol. The highest BCUT2D eigenvalue weighted by Gasteiger charge is 2.29. The molecule has 0 amide bonds. The molecule has 0 bridgehead atoms. The molecule has 0 saturated heterocycles. The van der Waals surface area contributed by atoms with Gasteiger partial charge in [0.2, 0.25) is 0 Å². The van der Waals surface area contributed by atoms with Crippen LogP contribution >= 0.6 is 11.3 Å². The summed E-state index contributed by atoms with van der Waals surface area (Å²) >= 11 is 1.85. The van der Waals surface area contributed by atoms with Crippen molar-refractivity contribution in [3.05, 3.63) is 34.4 Å². The molecule has 0 N–H and O–H groups in total. The zero-order chi connectivity index (χ0) is 16.5. The smallest absolute Gasteiger partial charge is 0.163 e. The Morgan fingerprint density at radius 3 is 3.17 bits per heavy atom. The van der Waals surface area contributed by atoms with Gasteiger partial charge in [-0.3, -0.25) is 0 Å². The maximum absolute atomic E-state index is 8.80. The Bertz CT molecular complexity index is 905. The first-order valence-electron chi connectivity index (χ1n) is 8.19. The van der Waals surface area contributed by atoms with Gasteiger partial charge in [0.1, 0.15) is 12.1 Å². The van der Waals surface area contributed by atoms with Crippen LogP contribution in [0.3, 0.4) is 0 Å². The predicted octanol–water partition coefficient (Wildman–Crippen LogP) is 3.32. The molecule has 0 radical (unpaired) electrons. The van der Waals surface area contributed by atoms with E-state index in [9.17, 15) is 0 Å². The van der Waals surface area contributed by atoms with Gasteiger partial charge in [-0.2, -0.15) is 10.4 Å². The van der Waals surface area contributed by atoms with Gasteiger partial charge in [0.25, 0.3) is 0 Å². The van der Waals surface area contributed by atoms with Gasteiger partial charge in [-0.15, -0.1) is 11.3 Å². The summed E-state index contributed by atoms with van der Waals surface area (Å²) in [5.74, 6) is 0.951. The van der Waals surface area contributed by atoms with Crippen molar-refractivity contribution < 1.29 is 0 Å². The molecule has 0 aromatic carbocycles. The van der Waals surface area contributed by atoms with E-state index in [1.807, 2.05) is 17.5 Å². The number of thiophene rings is 1. The molecule has 0 saturated carbocycles. The van der Waals surface area contributed by atoms with E-state index in [1.54, 1.807) is 11.0 Å². The molecule has 3 aromatic heterocycles. The summed E-state index contributed by atoms with van der Waals surface area (Å²) < 4.78 is 1.80. The van der Waals surface area contributed by atoms with Crippen LogP contribution in [0, 0.1) is 11.3 Å². The molecule has 4 heterocycles. The van der Waals surface area contributed by atoms with Gasteiger partial charge in [0.05, 0.1) is 36.7 Å². The van der Waals surface area contributed by atoms with E-state index < -0.39 is 0 Å². The Morgan fingerprint density at radius 2 is 2.33 bits per heavy atom. The van der Waals surface area contributed by atoms with Gasteiger partial charge in [-0.1, -0.05) is 6.92 Å². The fourth-order valence-corrected chi connectivity index (χ4v) is 4.45. The maximum atomic E-state index is 8.80. The quantitative estimate of drug-likeness (QED) is 0.730. The summed E-state index contributed by atoms with van der Waals surface area (Å²) in [6.45, 7) is 3.74. The van der Waals surface area contributed by atoms with Crippen molar-refractivity contribution in [2.45, 2.75) is 38.8 Å². The minimum atomic E-state index is 0.348. The molecule has 4 rings (SSSR count). The van der Waals surface area contributed by atoms with Gasteiger partial charge >= 0.3 is 0 Å². The van der Waals surface area contributed by atoms with Crippen molar-refractivity contribution in [3.63, 3.8) is 0 Å². The Hall–Kier alpha value is -2.46. The molecule has 6 nitrogen and oxygen atoms in total. The van der Waals surface area contributed by atoms with E-state index in [2.05, 4.69) is 44.4 Å². The molecule has 0 spiro atoms. The molecule has 1 atom stereocenters. The molecule has 0 aliphatic carbocycles. The lowest BCUT2D eigenvalue weighted by atomic mass is 9.97. The van der Waals surface area contributed by atoms with Gasteiger partial charge in [-0.05, 0) is 29.9 Å². The Labute approximate surface area is 144 Å². The van der Waals surface area contributed by atoms with E-state index in [4.69, 9.17) is 5.26 Å². The fourth-order valence-electron chi connectivity index (χ4n) is 3.52. The molecule has 1 aliphatic heterocycles. The third kappa shape index (κ3) is 2.34. The highest BCUT2D eigenvalue weighted by atomic mass is 32.1. The van der Waals surface area contributed by atoms with Crippen molar-refractivity contribution in [2.24, 2.45) is 0 Å². The van der Waals surface area contributed by atoms with Crippen LogP contribution < -0.4 is 4.90 Å². The zero-order valence-corrected chi connectivity index (χ0v) is 14.3. The highest BCUT2D eigenvalue weighted by molar-refractivity contribution is 7.10. The van der Waals surface area contributed by atoms with Crippen LogP contribution in [0.2, 0.25) is 0 Å². The first-order valence-corrected chi connectivity index (χ1v) is 9.07. The van der Waals surface area contributed by atoms with Crippen molar-refractivity contribution >= 4 is 28.2 Å². The highest BCUT2D eigenvalue weighted by Crippen LogP contribution is 2.39. The van der Waals surface area contributed by atoms with Crippen LogP contribution in [0.4, 0.5) is 5.82 Å². The second-order valence-electron chi connectivity index (χ2n) is 5.88. The van der Waals surface area contributed by atoms with Crippen LogP contribution in [0.1, 0.15) is 36.2 Å². The topological polar surface area (TPSA) is 70.6 Å². The lowest BCUT2D eigenvalue weighted by Gasteiger charge is -2.36. The average molecular weight is 338 g/mol. The predicted molar refractivity (Wildman–Crippen MR) is 94.0 cm³/mol. The number of nitrogens with zero attached hydrogens (tertiary/aromatic N) is 6. The molecule has 1 aliphatic rings. The van der Waals surface area contributed by atoms with Crippen LogP contribution in [0.5, 0.6) is 0 Å². The third-order valence-corrected chi connectivity index (χ3v) is 5.60.